The maximum Gasteiger partial charge on any atom is 0.433 e. The molecule has 0 spiro atoms. The zero-order valence-corrected chi connectivity index (χ0v) is 16.5. The molecule has 5 rings (SSSR count). The van der Waals surface area contributed by atoms with Crippen molar-refractivity contribution < 1.29 is 22.7 Å². The van der Waals surface area contributed by atoms with Gasteiger partial charge in [0.1, 0.15) is 17.8 Å². The van der Waals surface area contributed by atoms with Crippen LogP contribution >= 0.6 is 0 Å². The minimum absolute atomic E-state index is 0.0519. The molecule has 1 aliphatic rings. The summed E-state index contributed by atoms with van der Waals surface area (Å²) in [6.07, 6.45) is -3.28. The van der Waals surface area contributed by atoms with Crippen LogP contribution in [0, 0.1) is 6.92 Å². The van der Waals surface area contributed by atoms with Gasteiger partial charge >= 0.3 is 6.18 Å². The molecule has 1 N–H and O–H groups in total. The van der Waals surface area contributed by atoms with E-state index >= 15 is 0 Å². The fourth-order valence-electron chi connectivity index (χ4n) is 3.48. The SMILES string of the molecule is Cc1cc(-c2ncc3nc(C(F)(F)F)ccc3n2)ccc1N1CCOc2nn[nH]c2C1=O. The third kappa shape index (κ3) is 3.39. The second-order valence-corrected chi connectivity index (χ2v) is 7.09. The molecule has 0 bridgehead atoms. The van der Waals surface area contributed by atoms with Gasteiger partial charge in [0, 0.05) is 11.3 Å². The number of fused-ring (bicyclic) bond motifs is 2. The number of alkyl halides is 3. The van der Waals surface area contributed by atoms with E-state index in [0.29, 0.717) is 29.1 Å². The molecule has 1 aromatic carbocycles. The van der Waals surface area contributed by atoms with Crippen molar-refractivity contribution in [3.8, 4) is 17.3 Å². The Morgan fingerprint density at radius 2 is 1.97 bits per heavy atom. The molecule has 0 saturated carbocycles. The van der Waals surface area contributed by atoms with Gasteiger partial charge < -0.3 is 9.64 Å². The number of pyridine rings is 1. The number of benzene rings is 1. The monoisotopic (exact) mass is 441 g/mol. The molecule has 0 atom stereocenters. The number of ether oxygens (including phenoxy) is 1. The quantitative estimate of drug-likeness (QED) is 0.509. The smallest absolute Gasteiger partial charge is 0.433 e. The molecule has 9 nitrogen and oxygen atoms in total. The zero-order chi connectivity index (χ0) is 22.5. The van der Waals surface area contributed by atoms with Crippen molar-refractivity contribution in [3.63, 3.8) is 0 Å². The van der Waals surface area contributed by atoms with E-state index < -0.39 is 11.9 Å². The Bertz CT molecular complexity index is 1350. The van der Waals surface area contributed by atoms with Crippen LogP contribution in [0.5, 0.6) is 5.88 Å². The largest absolute Gasteiger partial charge is 0.473 e. The summed E-state index contributed by atoms with van der Waals surface area (Å²) in [5.41, 5.74) is 1.62. The summed E-state index contributed by atoms with van der Waals surface area (Å²) in [6, 6.07) is 7.46. The Hall–Kier alpha value is -4.09. The van der Waals surface area contributed by atoms with Gasteiger partial charge in [-0.15, -0.1) is 0 Å². The first-order valence-corrected chi connectivity index (χ1v) is 9.49. The number of H-pyrrole nitrogens is 1. The molecule has 4 aromatic rings. The second kappa shape index (κ2) is 7.25. The lowest BCUT2D eigenvalue weighted by Crippen LogP contribution is -2.33. The predicted octanol–water partition coefficient (Wildman–Crippen LogP) is 3.18. The summed E-state index contributed by atoms with van der Waals surface area (Å²) in [4.78, 5) is 26.5. The van der Waals surface area contributed by atoms with Crippen LogP contribution in [0.3, 0.4) is 0 Å². The molecule has 0 saturated heterocycles. The van der Waals surface area contributed by atoms with E-state index in [1.54, 1.807) is 23.1 Å². The van der Waals surface area contributed by atoms with Crippen LogP contribution < -0.4 is 9.64 Å². The van der Waals surface area contributed by atoms with E-state index in [9.17, 15) is 18.0 Å². The van der Waals surface area contributed by atoms with E-state index in [-0.39, 0.29) is 29.6 Å². The van der Waals surface area contributed by atoms with E-state index in [1.807, 2.05) is 6.92 Å². The normalized spacial score (nSPS) is 14.2. The van der Waals surface area contributed by atoms with Crippen LogP contribution in [0.15, 0.2) is 36.5 Å². The highest BCUT2D eigenvalue weighted by molar-refractivity contribution is 6.07. The lowest BCUT2D eigenvalue weighted by atomic mass is 10.1. The standard InChI is InChI=1S/C20H14F3N7O2/c1-10-8-11(17-24-9-13-12(26-17)3-5-15(25-13)20(21,22)23)2-4-14(10)30-6-7-32-18-16(19(30)31)27-29-28-18/h2-5,8-9H,6-7H2,1H3,(H,27,28,29). The molecule has 0 radical (unpaired) electrons. The number of aromatic nitrogens is 6. The molecule has 3 aromatic heterocycles. The number of carbonyl (C=O) groups excluding carboxylic acids is 1. The van der Waals surface area contributed by atoms with Crippen molar-refractivity contribution >= 4 is 22.6 Å². The third-order valence-corrected chi connectivity index (χ3v) is 5.00. The van der Waals surface area contributed by atoms with E-state index in [0.717, 1.165) is 11.6 Å². The van der Waals surface area contributed by atoms with Gasteiger partial charge in [-0.1, -0.05) is 10.3 Å². The number of anilines is 1. The molecular formula is C20H14F3N7O2. The minimum Gasteiger partial charge on any atom is -0.473 e. The number of halogens is 3. The van der Waals surface area contributed by atoms with Crippen LogP contribution in [0.4, 0.5) is 18.9 Å². The molecular weight excluding hydrogens is 427 g/mol. The maximum atomic E-state index is 12.9. The van der Waals surface area contributed by atoms with Gasteiger partial charge in [0.05, 0.1) is 18.3 Å². The van der Waals surface area contributed by atoms with Crippen molar-refractivity contribution in [2.45, 2.75) is 13.1 Å². The van der Waals surface area contributed by atoms with Crippen LogP contribution in [-0.4, -0.2) is 49.4 Å². The van der Waals surface area contributed by atoms with Crippen molar-refractivity contribution in [3.05, 3.63) is 53.5 Å². The molecule has 0 aliphatic carbocycles. The van der Waals surface area contributed by atoms with Crippen molar-refractivity contribution in [1.82, 2.24) is 30.4 Å². The lowest BCUT2D eigenvalue weighted by Gasteiger charge is -2.22. The van der Waals surface area contributed by atoms with Crippen molar-refractivity contribution in [2.24, 2.45) is 0 Å². The summed E-state index contributed by atoms with van der Waals surface area (Å²) in [5, 5.41) is 9.93. The number of carbonyl (C=O) groups is 1. The minimum atomic E-state index is -4.54. The fourth-order valence-corrected chi connectivity index (χ4v) is 3.48. The van der Waals surface area contributed by atoms with Crippen LogP contribution in [0.2, 0.25) is 0 Å². The highest BCUT2D eigenvalue weighted by Crippen LogP contribution is 2.31. The molecule has 1 amide bonds. The first-order valence-electron chi connectivity index (χ1n) is 9.49. The molecule has 32 heavy (non-hydrogen) atoms. The van der Waals surface area contributed by atoms with Gasteiger partial charge in [-0.3, -0.25) is 4.79 Å². The van der Waals surface area contributed by atoms with Crippen LogP contribution in [-0.2, 0) is 6.18 Å². The van der Waals surface area contributed by atoms with Gasteiger partial charge in [0.25, 0.3) is 11.8 Å². The predicted molar refractivity (Wildman–Crippen MR) is 106 cm³/mol. The van der Waals surface area contributed by atoms with Crippen LogP contribution in [0.1, 0.15) is 21.7 Å². The number of hydrogen-bond donors (Lipinski definition) is 1. The Morgan fingerprint density at radius 1 is 1.12 bits per heavy atom. The number of aryl methyl sites for hydroxylation is 1. The molecule has 4 heterocycles. The zero-order valence-electron chi connectivity index (χ0n) is 16.5. The summed E-state index contributed by atoms with van der Waals surface area (Å²) in [7, 11) is 0. The number of nitrogens with zero attached hydrogens (tertiary/aromatic N) is 6. The average Bonchev–Trinajstić information content (AvgIpc) is 3.18. The molecule has 1 aliphatic heterocycles. The molecule has 0 fully saturated rings. The highest BCUT2D eigenvalue weighted by atomic mass is 19.4. The first kappa shape index (κ1) is 19.8. The number of amides is 1. The summed E-state index contributed by atoms with van der Waals surface area (Å²) >= 11 is 0. The Balaban J connectivity index is 1.48. The fraction of sp³-hybridized carbons (Fsp3) is 0.200. The van der Waals surface area contributed by atoms with Gasteiger partial charge in [-0.05, 0) is 42.8 Å². The summed E-state index contributed by atoms with van der Waals surface area (Å²) in [6.45, 7) is 2.41. The molecule has 0 unspecified atom stereocenters. The Labute approximate surface area is 178 Å². The van der Waals surface area contributed by atoms with Gasteiger partial charge in [0.2, 0.25) is 0 Å². The number of rotatable bonds is 2. The average molecular weight is 441 g/mol. The van der Waals surface area contributed by atoms with Gasteiger partial charge in [-0.25, -0.2) is 20.1 Å². The van der Waals surface area contributed by atoms with E-state index in [2.05, 4.69) is 30.4 Å². The maximum absolute atomic E-state index is 12.9. The number of nitrogens with one attached hydrogen (secondary N) is 1. The molecule has 12 heteroatoms. The number of hydrogen-bond acceptors (Lipinski definition) is 7. The van der Waals surface area contributed by atoms with Gasteiger partial charge in [-0.2, -0.15) is 13.2 Å². The Morgan fingerprint density at radius 3 is 2.75 bits per heavy atom. The van der Waals surface area contributed by atoms with Crippen LogP contribution in [0.25, 0.3) is 22.4 Å². The number of aromatic amines is 1. The van der Waals surface area contributed by atoms with Crippen molar-refractivity contribution in [2.75, 3.05) is 18.1 Å². The highest BCUT2D eigenvalue weighted by Gasteiger charge is 2.32. The van der Waals surface area contributed by atoms with Gasteiger partial charge in [0.15, 0.2) is 11.5 Å². The first-order chi connectivity index (χ1) is 15.3. The second-order valence-electron chi connectivity index (χ2n) is 7.09. The topological polar surface area (TPSA) is 110 Å². The summed E-state index contributed by atoms with van der Waals surface area (Å²) in [5.74, 6) is 0.185. The van der Waals surface area contributed by atoms with E-state index in [1.165, 1.54) is 12.3 Å². The lowest BCUT2D eigenvalue weighted by molar-refractivity contribution is -0.140. The summed E-state index contributed by atoms with van der Waals surface area (Å²) < 4.78 is 44.0. The Kier molecular flexibility index (Phi) is 4.50. The van der Waals surface area contributed by atoms with Crippen molar-refractivity contribution in [1.29, 1.82) is 0 Å². The van der Waals surface area contributed by atoms with E-state index in [4.69, 9.17) is 4.74 Å². The molecule has 162 valence electrons. The third-order valence-electron chi connectivity index (χ3n) is 5.00.